The lowest BCUT2D eigenvalue weighted by molar-refractivity contribution is -0.131. The number of benzene rings is 1. The summed E-state index contributed by atoms with van der Waals surface area (Å²) >= 11 is 4.18. The maximum atomic E-state index is 12.8. The van der Waals surface area contributed by atoms with Crippen LogP contribution in [0.1, 0.15) is 31.7 Å². The quantitative estimate of drug-likeness (QED) is 0.153. The number of ketones is 1. The molecule has 9 nitrogen and oxygen atoms in total. The van der Waals surface area contributed by atoms with Crippen LogP contribution < -0.4 is 27.0 Å². The van der Waals surface area contributed by atoms with Crippen LogP contribution >= 0.6 is 12.6 Å². The summed E-state index contributed by atoms with van der Waals surface area (Å²) in [5.41, 5.74) is 6.23. The molecule has 0 heterocycles. The number of unbranched alkanes of at least 4 members (excludes halogenated alkanes) is 1. The Kier molecular flexibility index (Phi) is 13.3. The molecular weight excluding hydrogens is 430 g/mol. The molecule has 1 aromatic carbocycles. The largest absolute Gasteiger partial charge is 0.354 e. The molecule has 0 aliphatic carbocycles. The molecule has 0 aliphatic heterocycles. The van der Waals surface area contributed by atoms with Crippen LogP contribution in [0.3, 0.4) is 0 Å². The Bertz CT molecular complexity index is 747. The minimum absolute atomic E-state index is 0.0844. The Labute approximate surface area is 195 Å². The molecule has 0 aromatic heterocycles. The molecule has 0 saturated heterocycles. The van der Waals surface area contributed by atoms with Gasteiger partial charge in [0, 0.05) is 18.7 Å². The van der Waals surface area contributed by atoms with Gasteiger partial charge in [0.05, 0.1) is 12.6 Å². The highest BCUT2D eigenvalue weighted by Gasteiger charge is 2.26. The molecule has 0 fully saturated rings. The monoisotopic (exact) mass is 465 g/mol. The van der Waals surface area contributed by atoms with Gasteiger partial charge in [-0.05, 0) is 38.8 Å². The van der Waals surface area contributed by atoms with Crippen LogP contribution in [0.2, 0.25) is 0 Å². The molecule has 1 rings (SSSR count). The third-order valence-electron chi connectivity index (χ3n) is 4.99. The van der Waals surface area contributed by atoms with Crippen LogP contribution in [0, 0.1) is 0 Å². The van der Waals surface area contributed by atoms with Crippen LogP contribution in [0.4, 0.5) is 0 Å². The van der Waals surface area contributed by atoms with Gasteiger partial charge in [-0.1, -0.05) is 30.3 Å². The van der Waals surface area contributed by atoms with E-state index in [0.717, 1.165) is 12.0 Å². The molecule has 0 aliphatic rings. The smallest absolute Gasteiger partial charge is 0.243 e. The summed E-state index contributed by atoms with van der Waals surface area (Å²) in [6, 6.07) is 7.35. The van der Waals surface area contributed by atoms with Crippen molar-refractivity contribution in [3.8, 4) is 0 Å². The first-order chi connectivity index (χ1) is 15.3. The highest BCUT2D eigenvalue weighted by Crippen LogP contribution is 2.05. The maximum absolute atomic E-state index is 12.8. The van der Waals surface area contributed by atoms with Crippen LogP contribution in [0.15, 0.2) is 30.3 Å². The summed E-state index contributed by atoms with van der Waals surface area (Å²) in [6.07, 6.45) is 2.43. The molecule has 3 unspecified atom stereocenters. The van der Waals surface area contributed by atoms with Gasteiger partial charge < -0.3 is 27.0 Å². The number of hydrogen-bond acceptors (Lipinski definition) is 7. The fourth-order valence-corrected chi connectivity index (χ4v) is 3.39. The van der Waals surface area contributed by atoms with E-state index in [1.807, 2.05) is 30.3 Å². The van der Waals surface area contributed by atoms with Gasteiger partial charge in [-0.15, -0.1) is 0 Å². The minimum atomic E-state index is -0.867. The fraction of sp³-hybridized carbons (Fsp3) is 0.545. The van der Waals surface area contributed by atoms with Crippen molar-refractivity contribution >= 4 is 36.1 Å². The van der Waals surface area contributed by atoms with Gasteiger partial charge >= 0.3 is 0 Å². The van der Waals surface area contributed by atoms with Gasteiger partial charge in [-0.2, -0.15) is 12.6 Å². The Hall–Kier alpha value is -2.43. The van der Waals surface area contributed by atoms with Crippen molar-refractivity contribution in [3.05, 3.63) is 35.9 Å². The highest BCUT2D eigenvalue weighted by atomic mass is 32.1. The van der Waals surface area contributed by atoms with E-state index >= 15 is 0 Å². The summed E-state index contributed by atoms with van der Waals surface area (Å²) in [5.74, 6) is -1.11. The molecule has 32 heavy (non-hydrogen) atoms. The minimum Gasteiger partial charge on any atom is -0.354 e. The highest BCUT2D eigenvalue weighted by molar-refractivity contribution is 7.80. The average Bonchev–Trinajstić information content (AvgIpc) is 2.79. The second-order valence-electron chi connectivity index (χ2n) is 7.50. The molecule has 1 aromatic rings. The third kappa shape index (κ3) is 10.3. The number of nitrogens with two attached hydrogens (primary N) is 1. The lowest BCUT2D eigenvalue weighted by Crippen LogP contribution is -2.55. The number of likely N-dealkylation sites (N-methyl/N-ethyl adjacent to an activating group) is 1. The normalized spacial score (nSPS) is 13.5. The van der Waals surface area contributed by atoms with Crippen LogP contribution in [-0.4, -0.2) is 67.5 Å². The van der Waals surface area contributed by atoms with Crippen molar-refractivity contribution in [2.24, 2.45) is 5.73 Å². The summed E-state index contributed by atoms with van der Waals surface area (Å²) in [7, 11) is 1.74. The van der Waals surface area contributed by atoms with Crippen molar-refractivity contribution < 1.29 is 19.2 Å². The maximum Gasteiger partial charge on any atom is 0.243 e. The lowest BCUT2D eigenvalue weighted by Gasteiger charge is -2.22. The molecule has 6 N–H and O–H groups in total. The number of amides is 3. The van der Waals surface area contributed by atoms with E-state index in [9.17, 15) is 19.2 Å². The summed E-state index contributed by atoms with van der Waals surface area (Å²) in [5, 5.41) is 11.0. The zero-order valence-electron chi connectivity index (χ0n) is 18.7. The zero-order valence-corrected chi connectivity index (χ0v) is 19.6. The van der Waals surface area contributed by atoms with Gasteiger partial charge in [0.25, 0.3) is 0 Å². The Morgan fingerprint density at radius 2 is 1.66 bits per heavy atom. The van der Waals surface area contributed by atoms with Crippen molar-refractivity contribution in [2.75, 3.05) is 25.9 Å². The number of thiol groups is 1. The summed E-state index contributed by atoms with van der Waals surface area (Å²) in [4.78, 5) is 48.5. The third-order valence-corrected chi connectivity index (χ3v) is 5.36. The number of rotatable bonds is 15. The van der Waals surface area contributed by atoms with E-state index < -0.39 is 23.9 Å². The fourth-order valence-electron chi connectivity index (χ4n) is 3.14. The molecule has 3 atom stereocenters. The predicted octanol–water partition coefficient (Wildman–Crippen LogP) is -0.449. The van der Waals surface area contributed by atoms with E-state index in [-0.39, 0.29) is 36.5 Å². The Morgan fingerprint density at radius 3 is 2.22 bits per heavy atom. The van der Waals surface area contributed by atoms with Gasteiger partial charge in [0.15, 0.2) is 0 Å². The topological polar surface area (TPSA) is 142 Å². The van der Waals surface area contributed by atoms with Gasteiger partial charge in [-0.3, -0.25) is 19.2 Å². The molecule has 0 spiro atoms. The number of carbonyl (C=O) groups excluding carboxylic acids is 4. The van der Waals surface area contributed by atoms with E-state index in [1.54, 1.807) is 14.0 Å². The van der Waals surface area contributed by atoms with Crippen molar-refractivity contribution in [1.29, 1.82) is 0 Å². The van der Waals surface area contributed by atoms with Crippen LogP contribution in [-0.2, 0) is 25.6 Å². The van der Waals surface area contributed by atoms with Gasteiger partial charge in [0.2, 0.25) is 17.7 Å². The predicted molar refractivity (Wildman–Crippen MR) is 127 cm³/mol. The number of nitrogens with one attached hydrogen (secondary N) is 4. The summed E-state index contributed by atoms with van der Waals surface area (Å²) in [6.45, 7) is 1.72. The van der Waals surface area contributed by atoms with Crippen LogP contribution in [0.25, 0.3) is 0 Å². The first-order valence-electron chi connectivity index (χ1n) is 10.7. The molecule has 0 bridgehead atoms. The SMILES string of the molecule is CNC(CCCCNC(=O)C(CS)NC(=O)C(Cc1ccccc1)NC(=O)CN)C(C)=O. The van der Waals surface area contributed by atoms with E-state index in [1.165, 1.54) is 0 Å². The van der Waals surface area contributed by atoms with E-state index in [2.05, 4.69) is 33.9 Å². The molecule has 10 heteroatoms. The van der Waals surface area contributed by atoms with Crippen LogP contribution in [0.5, 0.6) is 0 Å². The second-order valence-corrected chi connectivity index (χ2v) is 7.86. The second kappa shape index (κ2) is 15.4. The standard InChI is InChI=1S/C22H35N5O4S/c1-15(28)17(24-2)10-6-7-11-25-21(30)19(14-32)27-22(31)18(26-20(29)13-23)12-16-8-4-3-5-9-16/h3-5,8-9,17-19,24,32H,6-7,10-14,23H2,1-2H3,(H,25,30)(H,26,29)(H,27,31). The molecule has 0 saturated carbocycles. The first-order valence-corrected chi connectivity index (χ1v) is 11.4. The van der Waals surface area contributed by atoms with Gasteiger partial charge in [0.1, 0.15) is 17.9 Å². The average molecular weight is 466 g/mol. The van der Waals surface area contributed by atoms with E-state index in [4.69, 9.17) is 5.73 Å². The zero-order chi connectivity index (χ0) is 23.9. The first kappa shape index (κ1) is 27.6. The van der Waals surface area contributed by atoms with Crippen molar-refractivity contribution in [1.82, 2.24) is 21.3 Å². The lowest BCUT2D eigenvalue weighted by atomic mass is 10.0. The molecule has 178 valence electrons. The van der Waals surface area contributed by atoms with Crippen molar-refractivity contribution in [2.45, 2.75) is 50.7 Å². The number of Topliss-reactive ketones (excluding diaryl/α,β-unsaturated/α-hetero) is 1. The Morgan fingerprint density at radius 1 is 0.969 bits per heavy atom. The number of hydrogen-bond donors (Lipinski definition) is 6. The molecular formula is C22H35N5O4S. The van der Waals surface area contributed by atoms with Crippen molar-refractivity contribution in [3.63, 3.8) is 0 Å². The van der Waals surface area contributed by atoms with E-state index in [0.29, 0.717) is 19.4 Å². The summed E-state index contributed by atoms with van der Waals surface area (Å²) < 4.78 is 0. The Balaban J connectivity index is 2.59. The molecule has 3 amide bonds. The van der Waals surface area contributed by atoms with Gasteiger partial charge in [-0.25, -0.2) is 0 Å². The molecule has 0 radical (unpaired) electrons. The number of carbonyl (C=O) groups is 4.